The van der Waals surface area contributed by atoms with E-state index in [1.807, 2.05) is 48.5 Å². The summed E-state index contributed by atoms with van der Waals surface area (Å²) in [4.78, 5) is 0. The Hall–Kier alpha value is -2.28. The van der Waals surface area contributed by atoms with Crippen LogP contribution < -0.4 is 20.5 Å². The molecule has 0 nitrogen and oxygen atoms in total. The molecule has 25 heavy (non-hydrogen) atoms. The summed E-state index contributed by atoms with van der Waals surface area (Å²) in [6, 6.07) is 32.1. The van der Waals surface area contributed by atoms with Crippen molar-refractivity contribution in [2.45, 2.75) is 0 Å². The van der Waals surface area contributed by atoms with E-state index in [2.05, 4.69) is 41.8 Å². The fraction of sp³-hybridized carbons (Fsp3) is 0. The van der Waals surface area contributed by atoms with E-state index in [9.17, 15) is 0 Å². The van der Waals surface area contributed by atoms with Crippen molar-refractivity contribution in [1.29, 1.82) is 0 Å². The van der Waals surface area contributed by atoms with Gasteiger partial charge in [-0.3, -0.25) is 0 Å². The molecule has 0 atom stereocenters. The summed E-state index contributed by atoms with van der Waals surface area (Å²) in [5.74, 6) is -0.142. The molecule has 0 aliphatic heterocycles. The Kier molecular flexibility index (Phi) is 4.48. The Morgan fingerprint density at radius 1 is 0.600 bits per heavy atom. The van der Waals surface area contributed by atoms with Gasteiger partial charge in [-0.1, -0.05) is 48.5 Å². The minimum absolute atomic E-state index is 0.142. The highest BCUT2D eigenvalue weighted by Crippen LogP contribution is 2.55. The maximum absolute atomic E-state index is 15.1. The minimum atomic E-state index is -2.25. The number of benzene rings is 3. The van der Waals surface area contributed by atoms with Gasteiger partial charge in [0.1, 0.15) is 15.9 Å². The van der Waals surface area contributed by atoms with E-state index in [1.54, 1.807) is 23.5 Å². The van der Waals surface area contributed by atoms with Crippen molar-refractivity contribution >= 4 is 39.1 Å². The van der Waals surface area contributed by atoms with Gasteiger partial charge in [-0.25, -0.2) is 4.39 Å². The predicted octanol–water partition coefficient (Wildman–Crippen LogP) is 4.51. The van der Waals surface area contributed by atoms with Crippen molar-refractivity contribution in [2.24, 2.45) is 0 Å². The summed E-state index contributed by atoms with van der Waals surface area (Å²) in [7, 11) is -2.25. The van der Waals surface area contributed by atoms with Crippen molar-refractivity contribution in [3.05, 3.63) is 108 Å². The lowest BCUT2D eigenvalue weighted by Gasteiger charge is -2.26. The topological polar surface area (TPSA) is 0 Å². The Labute approximate surface area is 151 Å². The van der Waals surface area contributed by atoms with Crippen molar-refractivity contribution in [2.75, 3.05) is 0 Å². The van der Waals surface area contributed by atoms with Gasteiger partial charge in [0.05, 0.1) is 0 Å². The first-order valence-corrected chi connectivity index (χ1v) is 10.8. The van der Waals surface area contributed by atoms with Crippen LogP contribution in [0.25, 0.3) is 0 Å². The van der Waals surface area contributed by atoms with E-state index in [0.29, 0.717) is 0 Å². The van der Waals surface area contributed by atoms with Gasteiger partial charge in [0.15, 0.2) is 17.7 Å². The van der Waals surface area contributed by atoms with Crippen molar-refractivity contribution < 1.29 is 4.39 Å². The minimum Gasteiger partial charge on any atom is -0.203 e. The molecule has 1 aromatic heterocycles. The Balaban J connectivity index is 2.15. The zero-order chi connectivity index (χ0) is 17.1. The van der Waals surface area contributed by atoms with Gasteiger partial charge in [-0.15, -0.1) is 11.3 Å². The van der Waals surface area contributed by atoms with Crippen LogP contribution in [0.3, 0.4) is 0 Å². The molecular weight excluding hydrogens is 346 g/mol. The van der Waals surface area contributed by atoms with E-state index in [1.165, 1.54) is 15.2 Å². The highest BCUT2D eigenvalue weighted by Gasteiger charge is 2.50. The van der Waals surface area contributed by atoms with Crippen LogP contribution in [0.1, 0.15) is 0 Å². The molecule has 0 spiro atoms. The molecular formula is C22H17FPS+. The molecule has 0 unspecified atom stereocenters. The summed E-state index contributed by atoms with van der Waals surface area (Å²) in [5.41, 5.74) is 0. The number of halogens is 1. The van der Waals surface area contributed by atoms with E-state index >= 15 is 4.39 Å². The molecule has 3 aromatic carbocycles. The molecule has 0 aliphatic rings. The molecule has 0 radical (unpaired) electrons. The van der Waals surface area contributed by atoms with Gasteiger partial charge in [0.25, 0.3) is 0 Å². The van der Waals surface area contributed by atoms with E-state index in [4.69, 9.17) is 0 Å². The monoisotopic (exact) mass is 363 g/mol. The lowest BCUT2D eigenvalue weighted by molar-refractivity contribution is 0.636. The molecule has 3 heteroatoms. The van der Waals surface area contributed by atoms with Gasteiger partial charge < -0.3 is 0 Å². The van der Waals surface area contributed by atoms with Crippen LogP contribution in [0.15, 0.2) is 102 Å². The highest BCUT2D eigenvalue weighted by atomic mass is 32.1. The quantitative estimate of drug-likeness (QED) is 0.468. The molecule has 1 heterocycles. The molecule has 4 aromatic rings. The van der Waals surface area contributed by atoms with E-state index in [0.717, 1.165) is 5.30 Å². The van der Waals surface area contributed by atoms with Gasteiger partial charge in [0.2, 0.25) is 0 Å². The maximum Gasteiger partial charge on any atom is 0.166 e. The van der Waals surface area contributed by atoms with E-state index in [-0.39, 0.29) is 5.82 Å². The zero-order valence-electron chi connectivity index (χ0n) is 13.5. The maximum atomic E-state index is 15.1. The summed E-state index contributed by atoms with van der Waals surface area (Å²) >= 11 is 1.71. The molecule has 0 N–H and O–H groups in total. The second-order valence-electron chi connectivity index (χ2n) is 5.74. The van der Waals surface area contributed by atoms with Crippen molar-refractivity contribution in [3.8, 4) is 0 Å². The summed E-state index contributed by atoms with van der Waals surface area (Å²) in [6.07, 6.45) is 0. The number of thiophene rings is 1. The first-order chi connectivity index (χ1) is 12.3. The molecule has 0 saturated carbocycles. The van der Waals surface area contributed by atoms with Gasteiger partial charge in [0, 0.05) is 0 Å². The normalized spacial score (nSPS) is 11.4. The van der Waals surface area contributed by atoms with Gasteiger partial charge in [-0.2, -0.15) is 0 Å². The molecule has 0 fully saturated rings. The fourth-order valence-corrected chi connectivity index (χ4v) is 9.34. The number of hydrogen-bond acceptors (Lipinski definition) is 1. The fourth-order valence-electron chi connectivity index (χ4n) is 3.29. The average Bonchev–Trinajstić information content (AvgIpc) is 3.21. The lowest BCUT2D eigenvalue weighted by atomic mass is 10.3. The molecule has 0 aliphatic carbocycles. The lowest BCUT2D eigenvalue weighted by Crippen LogP contribution is -2.38. The first kappa shape index (κ1) is 16.2. The molecule has 0 saturated heterocycles. The van der Waals surface area contributed by atoms with Crippen molar-refractivity contribution in [1.82, 2.24) is 0 Å². The number of rotatable bonds is 4. The Morgan fingerprint density at radius 3 is 1.68 bits per heavy atom. The average molecular weight is 363 g/mol. The first-order valence-electron chi connectivity index (χ1n) is 8.13. The second-order valence-corrected chi connectivity index (χ2v) is 10.3. The molecule has 4 rings (SSSR count). The van der Waals surface area contributed by atoms with Crippen LogP contribution in [0.5, 0.6) is 0 Å². The van der Waals surface area contributed by atoms with Crippen LogP contribution in [0.2, 0.25) is 0 Å². The van der Waals surface area contributed by atoms with Crippen LogP contribution in [0, 0.1) is 5.82 Å². The van der Waals surface area contributed by atoms with Gasteiger partial charge in [-0.05, 0) is 53.9 Å². The third kappa shape index (κ3) is 2.72. The Bertz CT molecular complexity index is 910. The largest absolute Gasteiger partial charge is 0.203 e. The van der Waals surface area contributed by atoms with Crippen LogP contribution in [-0.2, 0) is 0 Å². The predicted molar refractivity (Wildman–Crippen MR) is 109 cm³/mol. The van der Waals surface area contributed by atoms with Crippen LogP contribution in [0.4, 0.5) is 4.39 Å². The Morgan fingerprint density at radius 2 is 1.16 bits per heavy atom. The molecule has 122 valence electrons. The summed E-state index contributed by atoms with van der Waals surface area (Å²) in [5, 5.41) is 5.22. The molecule has 0 bridgehead atoms. The van der Waals surface area contributed by atoms with Crippen molar-refractivity contribution in [3.63, 3.8) is 0 Å². The number of hydrogen-bond donors (Lipinski definition) is 0. The van der Waals surface area contributed by atoms with E-state index < -0.39 is 7.26 Å². The molecule has 0 amide bonds. The summed E-state index contributed by atoms with van der Waals surface area (Å²) in [6.45, 7) is 0. The third-order valence-electron chi connectivity index (χ3n) is 4.34. The van der Waals surface area contributed by atoms with Gasteiger partial charge >= 0.3 is 0 Å². The SMILES string of the molecule is Fc1ccccc1[P+](c1ccccc1)(c1ccccc1)c1cccs1. The summed E-state index contributed by atoms with van der Waals surface area (Å²) < 4.78 is 16.3. The zero-order valence-corrected chi connectivity index (χ0v) is 15.3. The van der Waals surface area contributed by atoms with Crippen LogP contribution >= 0.6 is 18.6 Å². The van der Waals surface area contributed by atoms with Crippen LogP contribution in [-0.4, -0.2) is 0 Å². The standard InChI is InChI=1S/C22H17FPS/c23-20-14-7-8-15-21(20)24(22-16-9-17-25-22,18-10-3-1-4-11-18)19-12-5-2-6-13-19/h1-17H/q+1. The second kappa shape index (κ2) is 6.92. The highest BCUT2D eigenvalue weighted by molar-refractivity contribution is 8.04. The smallest absolute Gasteiger partial charge is 0.166 e. The third-order valence-corrected chi connectivity index (χ3v) is 10.2.